The van der Waals surface area contributed by atoms with Crippen molar-refractivity contribution in [3.05, 3.63) is 98.4 Å². The van der Waals surface area contributed by atoms with Gasteiger partial charge in [-0.2, -0.15) is 0 Å². The van der Waals surface area contributed by atoms with E-state index in [1.807, 2.05) is 29.5 Å². The van der Waals surface area contributed by atoms with E-state index in [1.165, 1.54) is 26.6 Å². The molecule has 32 heavy (non-hydrogen) atoms. The molecule has 0 saturated heterocycles. The van der Waals surface area contributed by atoms with Gasteiger partial charge in [0.15, 0.2) is 5.82 Å². The predicted molar refractivity (Wildman–Crippen MR) is 129 cm³/mol. The minimum absolute atomic E-state index is 0.493. The van der Waals surface area contributed by atoms with E-state index in [1.54, 1.807) is 0 Å². The molecule has 2 aromatic heterocycles. The summed E-state index contributed by atoms with van der Waals surface area (Å²) in [6, 6.07) is 18.6. The molecule has 0 radical (unpaired) electrons. The fourth-order valence-corrected chi connectivity index (χ4v) is 6.16. The Balaban J connectivity index is 1.49. The first-order valence-electron chi connectivity index (χ1n) is 10.9. The van der Waals surface area contributed by atoms with Gasteiger partial charge in [0.1, 0.15) is 17.4 Å². The number of hydrogen-bond donors (Lipinski definition) is 1. The van der Waals surface area contributed by atoms with Crippen LogP contribution in [0.1, 0.15) is 38.8 Å². The monoisotopic (exact) mass is 459 g/mol. The van der Waals surface area contributed by atoms with Crippen molar-refractivity contribution < 1.29 is 0 Å². The van der Waals surface area contributed by atoms with E-state index < -0.39 is 0 Å². The number of aryl methyl sites for hydroxylation is 2. The second-order valence-corrected chi connectivity index (χ2v) is 9.60. The molecule has 6 rings (SSSR count). The average molecular weight is 460 g/mol. The van der Waals surface area contributed by atoms with Gasteiger partial charge in [0.2, 0.25) is 0 Å². The molecule has 2 aliphatic heterocycles. The van der Waals surface area contributed by atoms with E-state index in [2.05, 4.69) is 56.5 Å². The molecule has 4 aromatic rings. The molecule has 0 unspecified atom stereocenters. The third-order valence-electron chi connectivity index (χ3n) is 6.13. The maximum Gasteiger partial charge on any atom is 0.160 e. The van der Waals surface area contributed by atoms with Gasteiger partial charge < -0.3 is 5.32 Å². The third kappa shape index (κ3) is 3.39. The first-order chi connectivity index (χ1) is 15.8. The van der Waals surface area contributed by atoms with Crippen molar-refractivity contribution in [2.75, 3.05) is 6.54 Å². The number of benzene rings is 2. The molecule has 7 heteroatoms. The van der Waals surface area contributed by atoms with Crippen LogP contribution in [0.4, 0.5) is 0 Å². The highest BCUT2D eigenvalue weighted by Crippen LogP contribution is 2.39. The van der Waals surface area contributed by atoms with Gasteiger partial charge in [0.25, 0.3) is 0 Å². The van der Waals surface area contributed by atoms with Crippen LogP contribution in [-0.4, -0.2) is 27.0 Å². The summed E-state index contributed by atoms with van der Waals surface area (Å²) in [7, 11) is 0. The molecule has 1 N–H and O–H groups in total. The summed E-state index contributed by atoms with van der Waals surface area (Å²) in [6.07, 6.45) is 2.75. The molecule has 0 saturated carbocycles. The van der Waals surface area contributed by atoms with Crippen molar-refractivity contribution in [2.45, 2.75) is 32.4 Å². The normalized spacial score (nSPS) is 14.8. The van der Waals surface area contributed by atoms with Crippen molar-refractivity contribution in [1.29, 1.82) is 0 Å². The molecular formula is C25H22ClN5S. The summed E-state index contributed by atoms with van der Waals surface area (Å²) in [5, 5.41) is 14.6. The zero-order valence-electron chi connectivity index (χ0n) is 17.5. The number of nitrogens with one attached hydrogen (secondary N) is 1. The molecule has 0 aliphatic carbocycles. The lowest BCUT2D eigenvalue weighted by Crippen LogP contribution is -2.23. The van der Waals surface area contributed by atoms with Gasteiger partial charge in [0, 0.05) is 34.0 Å². The molecule has 4 heterocycles. The fourth-order valence-electron chi connectivity index (χ4n) is 4.58. The van der Waals surface area contributed by atoms with Gasteiger partial charge in [-0.05, 0) is 36.6 Å². The van der Waals surface area contributed by atoms with Gasteiger partial charge in [-0.3, -0.25) is 9.56 Å². The molecule has 0 spiro atoms. The Morgan fingerprint density at radius 2 is 1.84 bits per heavy atom. The molecular weight excluding hydrogens is 438 g/mol. The molecule has 0 amide bonds. The lowest BCUT2D eigenvalue weighted by Gasteiger charge is -2.16. The topological polar surface area (TPSA) is 55.1 Å². The van der Waals surface area contributed by atoms with Crippen LogP contribution in [0.25, 0.3) is 5.00 Å². The van der Waals surface area contributed by atoms with Gasteiger partial charge in [-0.1, -0.05) is 60.1 Å². The van der Waals surface area contributed by atoms with Crippen LogP contribution < -0.4 is 5.32 Å². The van der Waals surface area contributed by atoms with Gasteiger partial charge in [-0.15, -0.1) is 21.5 Å². The number of rotatable bonds is 4. The maximum absolute atomic E-state index is 6.64. The Bertz CT molecular complexity index is 1320. The Hall–Kier alpha value is -2.80. The van der Waals surface area contributed by atoms with E-state index in [4.69, 9.17) is 16.6 Å². The number of halogens is 1. The highest BCUT2D eigenvalue weighted by molar-refractivity contribution is 7.15. The minimum Gasteiger partial charge on any atom is -0.312 e. The van der Waals surface area contributed by atoms with E-state index >= 15 is 0 Å². The lowest BCUT2D eigenvalue weighted by molar-refractivity contribution is 0.654. The zero-order chi connectivity index (χ0) is 21.5. The second kappa shape index (κ2) is 8.28. The summed E-state index contributed by atoms with van der Waals surface area (Å²) in [5.41, 5.74) is 5.86. The zero-order valence-corrected chi connectivity index (χ0v) is 19.1. The summed E-state index contributed by atoms with van der Waals surface area (Å²) < 4.78 is 2.26. The average Bonchev–Trinajstić information content (AvgIpc) is 3.37. The summed E-state index contributed by atoms with van der Waals surface area (Å²) in [4.78, 5) is 6.42. The standard InChI is InChI=1S/C25H22ClN5S/c26-19-9-5-4-8-17(19)24-23-18-12-13-27-14-20(18)32-25(23)31-21(29-30-22(31)15-28-24)11-10-16-6-2-1-3-7-16/h1-9,27H,10-15H2. The molecule has 2 aromatic carbocycles. The minimum atomic E-state index is 0.493. The Labute approximate surface area is 195 Å². The van der Waals surface area contributed by atoms with Crippen LogP contribution in [0.15, 0.2) is 59.6 Å². The lowest BCUT2D eigenvalue weighted by atomic mass is 9.96. The van der Waals surface area contributed by atoms with Crippen molar-refractivity contribution in [1.82, 2.24) is 20.1 Å². The number of aromatic nitrogens is 3. The highest BCUT2D eigenvalue weighted by atomic mass is 35.5. The molecule has 2 aliphatic rings. The van der Waals surface area contributed by atoms with E-state index in [-0.39, 0.29) is 0 Å². The van der Waals surface area contributed by atoms with Crippen molar-refractivity contribution in [3.63, 3.8) is 0 Å². The smallest absolute Gasteiger partial charge is 0.160 e. The van der Waals surface area contributed by atoms with Crippen LogP contribution in [0.2, 0.25) is 5.02 Å². The summed E-state index contributed by atoms with van der Waals surface area (Å²) in [5.74, 6) is 1.88. The van der Waals surface area contributed by atoms with Crippen LogP contribution in [0.3, 0.4) is 0 Å². The van der Waals surface area contributed by atoms with Crippen molar-refractivity contribution in [2.24, 2.45) is 4.99 Å². The fraction of sp³-hybridized carbons (Fsp3) is 0.240. The molecule has 0 fully saturated rings. The number of thiophene rings is 1. The van der Waals surface area contributed by atoms with Gasteiger partial charge in [-0.25, -0.2) is 0 Å². The largest absolute Gasteiger partial charge is 0.312 e. The first kappa shape index (κ1) is 19.9. The molecule has 5 nitrogen and oxygen atoms in total. The van der Waals surface area contributed by atoms with Crippen LogP contribution in [0.5, 0.6) is 0 Å². The van der Waals surface area contributed by atoms with E-state index in [0.29, 0.717) is 6.54 Å². The predicted octanol–water partition coefficient (Wildman–Crippen LogP) is 4.76. The molecule has 160 valence electrons. The maximum atomic E-state index is 6.64. The van der Waals surface area contributed by atoms with Crippen LogP contribution in [-0.2, 0) is 32.4 Å². The molecule has 0 atom stereocenters. The third-order valence-corrected chi connectivity index (χ3v) is 7.68. The summed E-state index contributed by atoms with van der Waals surface area (Å²) >= 11 is 8.47. The SMILES string of the molecule is Clc1ccccc1C1=NCc2nnc(CCc3ccccc3)n2-c2sc3c(c21)CCNC3. The Morgan fingerprint density at radius 3 is 2.72 bits per heavy atom. The second-order valence-electron chi connectivity index (χ2n) is 8.11. The van der Waals surface area contributed by atoms with Gasteiger partial charge in [0.05, 0.1) is 5.71 Å². The number of aliphatic imine (C=N–C) groups is 1. The number of hydrogen-bond acceptors (Lipinski definition) is 5. The van der Waals surface area contributed by atoms with E-state index in [0.717, 1.165) is 60.3 Å². The van der Waals surface area contributed by atoms with Gasteiger partial charge >= 0.3 is 0 Å². The van der Waals surface area contributed by atoms with Crippen LogP contribution >= 0.6 is 22.9 Å². The molecule has 0 bridgehead atoms. The first-order valence-corrected chi connectivity index (χ1v) is 12.1. The van der Waals surface area contributed by atoms with Crippen molar-refractivity contribution in [3.8, 4) is 5.00 Å². The summed E-state index contributed by atoms with van der Waals surface area (Å²) in [6.45, 7) is 2.36. The quantitative estimate of drug-likeness (QED) is 0.478. The van der Waals surface area contributed by atoms with E-state index in [9.17, 15) is 0 Å². The number of fused-ring (bicyclic) bond motifs is 5. The Morgan fingerprint density at radius 1 is 1.00 bits per heavy atom. The van der Waals surface area contributed by atoms with Crippen molar-refractivity contribution >= 4 is 28.6 Å². The van der Waals surface area contributed by atoms with Crippen LogP contribution in [0, 0.1) is 0 Å². The Kier molecular flexibility index (Phi) is 5.14. The highest BCUT2D eigenvalue weighted by Gasteiger charge is 2.31. The number of nitrogens with zero attached hydrogens (tertiary/aromatic N) is 4.